The molecule has 0 spiro atoms. The third-order valence-electron chi connectivity index (χ3n) is 3.79. The second-order valence-corrected chi connectivity index (χ2v) is 5.16. The molecule has 2 aromatic carbocycles. The third-order valence-corrected chi connectivity index (χ3v) is 3.79. The number of H-pyrrole nitrogens is 1. The molecule has 98 valence electrons. The van der Waals surface area contributed by atoms with Crippen LogP contribution in [0.3, 0.4) is 0 Å². The van der Waals surface area contributed by atoms with Crippen molar-refractivity contribution in [3.63, 3.8) is 0 Å². The van der Waals surface area contributed by atoms with Crippen molar-refractivity contribution in [2.45, 2.75) is 12.8 Å². The second kappa shape index (κ2) is 4.30. The highest BCUT2D eigenvalue weighted by Crippen LogP contribution is 2.29. The first kappa shape index (κ1) is 11.4. The van der Waals surface area contributed by atoms with Gasteiger partial charge in [0.2, 0.25) is 0 Å². The van der Waals surface area contributed by atoms with Gasteiger partial charge in [0.05, 0.1) is 5.69 Å². The van der Waals surface area contributed by atoms with E-state index in [9.17, 15) is 4.39 Å². The molecule has 0 saturated carbocycles. The lowest BCUT2D eigenvalue weighted by Gasteiger charge is -1.99. The van der Waals surface area contributed by atoms with E-state index >= 15 is 0 Å². The molecular weight excluding hydrogens is 251 g/mol. The minimum Gasteiger partial charge on any atom is -0.361 e. The van der Waals surface area contributed by atoms with Crippen molar-refractivity contribution in [3.8, 4) is 0 Å². The fourth-order valence-electron chi connectivity index (χ4n) is 2.82. The number of benzene rings is 2. The Morgan fingerprint density at radius 1 is 1.15 bits per heavy atom. The predicted molar refractivity (Wildman–Crippen MR) is 79.2 cm³/mol. The lowest BCUT2D eigenvalue weighted by atomic mass is 10.0. The number of rotatable bonds is 2. The fourth-order valence-corrected chi connectivity index (χ4v) is 2.82. The molecule has 0 unspecified atom stereocenters. The van der Waals surface area contributed by atoms with Gasteiger partial charge in [-0.15, -0.1) is 0 Å². The Balaban J connectivity index is 1.67. The molecule has 0 radical (unpaired) electrons. The Labute approximate surface area is 116 Å². The van der Waals surface area contributed by atoms with E-state index in [0.717, 1.165) is 35.3 Å². The van der Waals surface area contributed by atoms with Crippen LogP contribution in [-0.4, -0.2) is 10.7 Å². The van der Waals surface area contributed by atoms with E-state index in [-0.39, 0.29) is 5.82 Å². The van der Waals surface area contributed by atoms with Gasteiger partial charge >= 0.3 is 0 Å². The molecule has 0 atom stereocenters. The molecule has 3 heteroatoms. The van der Waals surface area contributed by atoms with Crippen molar-refractivity contribution in [2.75, 3.05) is 0 Å². The largest absolute Gasteiger partial charge is 0.361 e. The first-order valence-corrected chi connectivity index (χ1v) is 6.69. The van der Waals surface area contributed by atoms with Gasteiger partial charge in [0.25, 0.3) is 0 Å². The van der Waals surface area contributed by atoms with Crippen LogP contribution >= 0.6 is 0 Å². The quantitative estimate of drug-likeness (QED) is 0.719. The van der Waals surface area contributed by atoms with Crippen molar-refractivity contribution in [2.24, 2.45) is 4.99 Å². The van der Waals surface area contributed by atoms with Crippen LogP contribution in [0.25, 0.3) is 10.9 Å². The van der Waals surface area contributed by atoms with E-state index in [0.29, 0.717) is 0 Å². The zero-order valence-electron chi connectivity index (χ0n) is 10.9. The first-order valence-electron chi connectivity index (χ1n) is 6.69. The lowest BCUT2D eigenvalue weighted by Crippen LogP contribution is -2.02. The standard InChI is InChI=1S/C17H13FN2/c18-13-6-5-11-7-14(20-17(11)9-13)8-12-10-19-16-4-2-1-3-15(12)16/h1-6,9-10,19H,7-8H2. The molecule has 2 nitrogen and oxygen atoms in total. The summed E-state index contributed by atoms with van der Waals surface area (Å²) < 4.78 is 13.2. The summed E-state index contributed by atoms with van der Waals surface area (Å²) in [7, 11) is 0. The Hall–Kier alpha value is -2.42. The van der Waals surface area contributed by atoms with E-state index < -0.39 is 0 Å². The van der Waals surface area contributed by atoms with Crippen molar-refractivity contribution >= 4 is 22.3 Å². The Morgan fingerprint density at radius 2 is 2.05 bits per heavy atom. The second-order valence-electron chi connectivity index (χ2n) is 5.16. The summed E-state index contributed by atoms with van der Waals surface area (Å²) in [4.78, 5) is 7.83. The van der Waals surface area contributed by atoms with Crippen LogP contribution in [0, 0.1) is 5.82 Å². The predicted octanol–water partition coefficient (Wildman–Crippen LogP) is 4.18. The van der Waals surface area contributed by atoms with E-state index in [2.05, 4.69) is 22.1 Å². The summed E-state index contributed by atoms with van der Waals surface area (Å²) in [5, 5.41) is 1.23. The molecule has 0 amide bonds. The molecule has 1 aliphatic heterocycles. The minimum absolute atomic E-state index is 0.221. The van der Waals surface area contributed by atoms with Crippen LogP contribution in [0.1, 0.15) is 11.1 Å². The van der Waals surface area contributed by atoms with E-state index in [1.165, 1.54) is 23.1 Å². The molecular formula is C17H13FN2. The van der Waals surface area contributed by atoms with Gasteiger partial charge in [-0.2, -0.15) is 0 Å². The Kier molecular flexibility index (Phi) is 2.46. The molecule has 1 N–H and O–H groups in total. The van der Waals surface area contributed by atoms with Crippen molar-refractivity contribution < 1.29 is 4.39 Å². The zero-order chi connectivity index (χ0) is 13.5. The van der Waals surface area contributed by atoms with Crippen LogP contribution in [0.5, 0.6) is 0 Å². The number of para-hydroxylation sites is 1. The number of aliphatic imine (C=N–C) groups is 1. The highest BCUT2D eigenvalue weighted by atomic mass is 19.1. The Bertz CT molecular complexity index is 830. The van der Waals surface area contributed by atoms with Gasteiger partial charge in [0, 0.05) is 35.7 Å². The van der Waals surface area contributed by atoms with Gasteiger partial charge in [0.15, 0.2) is 0 Å². The average molecular weight is 264 g/mol. The van der Waals surface area contributed by atoms with E-state index in [1.54, 1.807) is 0 Å². The number of aromatic nitrogens is 1. The summed E-state index contributed by atoms with van der Waals surface area (Å²) in [5.74, 6) is -0.221. The maximum absolute atomic E-state index is 13.2. The van der Waals surface area contributed by atoms with Crippen LogP contribution in [-0.2, 0) is 12.8 Å². The summed E-state index contributed by atoms with van der Waals surface area (Å²) in [5.41, 5.74) is 5.37. The molecule has 0 saturated heterocycles. The number of fused-ring (bicyclic) bond motifs is 2. The maximum Gasteiger partial charge on any atom is 0.125 e. The van der Waals surface area contributed by atoms with Crippen molar-refractivity contribution in [1.29, 1.82) is 0 Å². The molecule has 0 fully saturated rings. The van der Waals surface area contributed by atoms with Gasteiger partial charge in [-0.3, -0.25) is 4.99 Å². The highest BCUT2D eigenvalue weighted by molar-refractivity contribution is 5.98. The van der Waals surface area contributed by atoms with Gasteiger partial charge in [-0.25, -0.2) is 4.39 Å². The van der Waals surface area contributed by atoms with E-state index in [4.69, 9.17) is 0 Å². The molecule has 1 aromatic heterocycles. The lowest BCUT2D eigenvalue weighted by molar-refractivity contribution is 0.628. The molecule has 3 aromatic rings. The molecule has 20 heavy (non-hydrogen) atoms. The summed E-state index contributed by atoms with van der Waals surface area (Å²) in [6, 6.07) is 13.1. The summed E-state index contributed by atoms with van der Waals surface area (Å²) in [6.45, 7) is 0. The summed E-state index contributed by atoms with van der Waals surface area (Å²) in [6.07, 6.45) is 3.66. The molecule has 4 rings (SSSR count). The molecule has 1 aliphatic rings. The van der Waals surface area contributed by atoms with Crippen LogP contribution < -0.4 is 0 Å². The normalized spacial score (nSPS) is 13.6. The van der Waals surface area contributed by atoms with E-state index in [1.807, 2.05) is 24.4 Å². The van der Waals surface area contributed by atoms with Crippen LogP contribution in [0.2, 0.25) is 0 Å². The van der Waals surface area contributed by atoms with Gasteiger partial charge < -0.3 is 4.98 Å². The molecule has 0 aliphatic carbocycles. The number of aromatic amines is 1. The highest BCUT2D eigenvalue weighted by Gasteiger charge is 2.16. The number of nitrogens with zero attached hydrogens (tertiary/aromatic N) is 1. The van der Waals surface area contributed by atoms with Gasteiger partial charge in [-0.1, -0.05) is 24.3 Å². The fraction of sp³-hybridized carbons (Fsp3) is 0.118. The number of nitrogens with one attached hydrogen (secondary N) is 1. The average Bonchev–Trinajstić information content (AvgIpc) is 3.03. The number of hydrogen-bond acceptors (Lipinski definition) is 1. The van der Waals surface area contributed by atoms with Gasteiger partial charge in [0.1, 0.15) is 5.82 Å². The topological polar surface area (TPSA) is 28.1 Å². The number of halogens is 1. The number of hydrogen-bond donors (Lipinski definition) is 1. The van der Waals surface area contributed by atoms with Crippen LogP contribution in [0.4, 0.5) is 10.1 Å². The molecule has 2 heterocycles. The smallest absolute Gasteiger partial charge is 0.125 e. The van der Waals surface area contributed by atoms with Crippen molar-refractivity contribution in [3.05, 3.63) is 65.6 Å². The summed E-state index contributed by atoms with van der Waals surface area (Å²) >= 11 is 0. The minimum atomic E-state index is -0.221. The third kappa shape index (κ3) is 1.83. The zero-order valence-corrected chi connectivity index (χ0v) is 10.9. The van der Waals surface area contributed by atoms with Crippen molar-refractivity contribution in [1.82, 2.24) is 4.98 Å². The monoisotopic (exact) mass is 264 g/mol. The SMILES string of the molecule is Fc1ccc2c(c1)N=C(Cc1c[nH]c3ccccc13)C2. The first-order chi connectivity index (χ1) is 9.79. The Morgan fingerprint density at radius 3 is 3.00 bits per heavy atom. The van der Waals surface area contributed by atoms with Crippen LogP contribution in [0.15, 0.2) is 53.7 Å². The maximum atomic E-state index is 13.2. The van der Waals surface area contributed by atoms with Gasteiger partial charge in [-0.05, 0) is 29.3 Å². The molecule has 0 bridgehead atoms.